The molecule has 1 fully saturated rings. The molecule has 0 saturated carbocycles. The minimum atomic E-state index is -4.91. The Morgan fingerprint density at radius 1 is 1.32 bits per heavy atom. The summed E-state index contributed by atoms with van der Waals surface area (Å²) >= 11 is 0. The second-order valence-electron chi connectivity index (χ2n) is 3.98. The molecule has 0 unspecified atom stereocenters. The Hall–Kier alpha value is -1.83. The van der Waals surface area contributed by atoms with Crippen LogP contribution in [0, 0.1) is 0 Å². The van der Waals surface area contributed by atoms with Gasteiger partial charge < -0.3 is 15.0 Å². The van der Waals surface area contributed by atoms with E-state index in [1.54, 1.807) is 5.32 Å². The zero-order chi connectivity index (χ0) is 13.9. The molecule has 1 aliphatic heterocycles. The zero-order valence-corrected chi connectivity index (χ0v) is 9.91. The Kier molecular flexibility index (Phi) is 3.89. The van der Waals surface area contributed by atoms with Crippen LogP contribution in [0.2, 0.25) is 0 Å². The van der Waals surface area contributed by atoms with Crippen LogP contribution in [0.15, 0.2) is 18.5 Å². The third kappa shape index (κ3) is 3.57. The van der Waals surface area contributed by atoms with E-state index in [1.807, 2.05) is 4.90 Å². The lowest BCUT2D eigenvalue weighted by Gasteiger charge is -2.28. The maximum absolute atomic E-state index is 12.1. The standard InChI is InChI=1S/C11H12F3N3O2/c12-11(13,14)10(18)16-8-5-9(7-15-6-8)17-1-3-19-4-2-17/h5-7H,1-4H2,(H,16,18). The molecule has 0 radical (unpaired) electrons. The average molecular weight is 275 g/mol. The topological polar surface area (TPSA) is 54.5 Å². The number of amides is 1. The molecule has 5 nitrogen and oxygen atoms in total. The van der Waals surface area contributed by atoms with Crippen molar-refractivity contribution in [2.45, 2.75) is 6.18 Å². The Balaban J connectivity index is 2.08. The van der Waals surface area contributed by atoms with Crippen LogP contribution in [0.3, 0.4) is 0 Å². The minimum absolute atomic E-state index is 0.0197. The average Bonchev–Trinajstić information content (AvgIpc) is 2.39. The molecule has 19 heavy (non-hydrogen) atoms. The first-order valence-electron chi connectivity index (χ1n) is 5.63. The second kappa shape index (κ2) is 5.43. The molecule has 0 aromatic carbocycles. The van der Waals surface area contributed by atoms with Crippen LogP contribution in [-0.2, 0) is 9.53 Å². The maximum Gasteiger partial charge on any atom is 0.471 e. The van der Waals surface area contributed by atoms with E-state index in [1.165, 1.54) is 18.5 Å². The zero-order valence-electron chi connectivity index (χ0n) is 9.91. The number of nitrogens with one attached hydrogen (secondary N) is 1. The van der Waals surface area contributed by atoms with Gasteiger partial charge in [-0.3, -0.25) is 9.78 Å². The van der Waals surface area contributed by atoms with Crippen molar-refractivity contribution in [1.29, 1.82) is 0 Å². The highest BCUT2D eigenvalue weighted by molar-refractivity contribution is 5.95. The van der Waals surface area contributed by atoms with E-state index in [-0.39, 0.29) is 5.69 Å². The molecule has 0 bridgehead atoms. The van der Waals surface area contributed by atoms with Crippen molar-refractivity contribution in [2.75, 3.05) is 36.5 Å². The number of alkyl halides is 3. The number of ether oxygens (including phenoxy) is 1. The predicted molar refractivity (Wildman–Crippen MR) is 62.0 cm³/mol. The molecule has 0 aliphatic carbocycles. The Morgan fingerprint density at radius 2 is 2.00 bits per heavy atom. The van der Waals surface area contributed by atoms with Crippen molar-refractivity contribution < 1.29 is 22.7 Å². The number of carbonyl (C=O) groups excluding carboxylic acids is 1. The molecule has 1 aliphatic rings. The van der Waals surface area contributed by atoms with E-state index < -0.39 is 12.1 Å². The van der Waals surface area contributed by atoms with Crippen LogP contribution in [0.1, 0.15) is 0 Å². The summed E-state index contributed by atoms with van der Waals surface area (Å²) in [6, 6.07) is 1.46. The number of hydrogen-bond acceptors (Lipinski definition) is 4. The largest absolute Gasteiger partial charge is 0.471 e. The lowest BCUT2D eigenvalue weighted by molar-refractivity contribution is -0.167. The van der Waals surface area contributed by atoms with Gasteiger partial charge in [-0.15, -0.1) is 0 Å². The molecule has 0 atom stereocenters. The van der Waals surface area contributed by atoms with E-state index in [9.17, 15) is 18.0 Å². The van der Waals surface area contributed by atoms with Gasteiger partial charge in [0, 0.05) is 13.1 Å². The van der Waals surface area contributed by atoms with Gasteiger partial charge in [-0.25, -0.2) is 0 Å². The van der Waals surface area contributed by atoms with Gasteiger partial charge in [-0.2, -0.15) is 13.2 Å². The van der Waals surface area contributed by atoms with Crippen LogP contribution >= 0.6 is 0 Å². The highest BCUT2D eigenvalue weighted by Gasteiger charge is 2.38. The molecule has 8 heteroatoms. The molecule has 0 spiro atoms. The molecule has 1 aromatic heterocycles. The monoisotopic (exact) mass is 275 g/mol. The lowest BCUT2D eigenvalue weighted by atomic mass is 10.3. The molecule has 1 aromatic rings. The Labute approximate surface area is 107 Å². The summed E-state index contributed by atoms with van der Waals surface area (Å²) in [5.74, 6) is -2.01. The highest BCUT2D eigenvalue weighted by atomic mass is 19.4. The fourth-order valence-electron chi connectivity index (χ4n) is 1.69. The summed E-state index contributed by atoms with van der Waals surface area (Å²) in [4.78, 5) is 16.6. The van der Waals surface area contributed by atoms with Gasteiger partial charge in [-0.1, -0.05) is 0 Å². The van der Waals surface area contributed by atoms with E-state index >= 15 is 0 Å². The summed E-state index contributed by atoms with van der Waals surface area (Å²) in [6.45, 7) is 2.38. The van der Waals surface area contributed by atoms with E-state index in [0.717, 1.165) is 0 Å². The molecular formula is C11H12F3N3O2. The molecule has 2 heterocycles. The molecule has 1 N–H and O–H groups in total. The summed E-state index contributed by atoms with van der Waals surface area (Å²) in [5, 5.41) is 1.78. The fraction of sp³-hybridized carbons (Fsp3) is 0.455. The normalized spacial score (nSPS) is 16.3. The first-order valence-corrected chi connectivity index (χ1v) is 5.63. The first-order chi connectivity index (χ1) is 8.97. The number of carbonyl (C=O) groups is 1. The molecule has 104 valence electrons. The van der Waals surface area contributed by atoms with Gasteiger partial charge in [-0.05, 0) is 6.07 Å². The van der Waals surface area contributed by atoms with Crippen molar-refractivity contribution in [3.63, 3.8) is 0 Å². The summed E-state index contributed by atoms with van der Waals surface area (Å²) < 4.78 is 41.6. The number of aromatic nitrogens is 1. The van der Waals surface area contributed by atoms with Crippen LogP contribution < -0.4 is 10.2 Å². The van der Waals surface area contributed by atoms with Gasteiger partial charge in [0.05, 0.1) is 37.0 Å². The van der Waals surface area contributed by atoms with Crippen molar-refractivity contribution in [1.82, 2.24) is 4.98 Å². The Morgan fingerprint density at radius 3 is 2.63 bits per heavy atom. The first kappa shape index (κ1) is 13.6. The smallest absolute Gasteiger partial charge is 0.378 e. The number of morpholine rings is 1. The van der Waals surface area contributed by atoms with Gasteiger partial charge >= 0.3 is 12.1 Å². The predicted octanol–water partition coefficient (Wildman–Crippen LogP) is 1.42. The third-order valence-corrected chi connectivity index (χ3v) is 2.62. The van der Waals surface area contributed by atoms with Crippen LogP contribution in [-0.4, -0.2) is 43.4 Å². The van der Waals surface area contributed by atoms with Crippen LogP contribution in [0.25, 0.3) is 0 Å². The van der Waals surface area contributed by atoms with Crippen molar-refractivity contribution in [3.05, 3.63) is 18.5 Å². The quantitative estimate of drug-likeness (QED) is 0.887. The Bertz CT molecular complexity index is 459. The number of rotatable bonds is 2. The van der Waals surface area contributed by atoms with Crippen molar-refractivity contribution >= 4 is 17.3 Å². The summed E-state index contributed by atoms with van der Waals surface area (Å²) in [7, 11) is 0. The SMILES string of the molecule is O=C(Nc1cncc(N2CCOCC2)c1)C(F)(F)F. The maximum atomic E-state index is 12.1. The van der Waals surface area contributed by atoms with Gasteiger partial charge in [0.25, 0.3) is 0 Å². The molecule has 1 saturated heterocycles. The minimum Gasteiger partial charge on any atom is -0.378 e. The van der Waals surface area contributed by atoms with Crippen LogP contribution in [0.4, 0.5) is 24.5 Å². The highest BCUT2D eigenvalue weighted by Crippen LogP contribution is 2.21. The van der Waals surface area contributed by atoms with Gasteiger partial charge in [0.2, 0.25) is 0 Å². The number of pyridine rings is 1. The van der Waals surface area contributed by atoms with Crippen LogP contribution in [0.5, 0.6) is 0 Å². The molecule has 1 amide bonds. The van der Waals surface area contributed by atoms with Crippen molar-refractivity contribution in [3.8, 4) is 0 Å². The van der Waals surface area contributed by atoms with E-state index in [0.29, 0.717) is 32.0 Å². The number of nitrogens with zero attached hydrogens (tertiary/aromatic N) is 2. The molecular weight excluding hydrogens is 263 g/mol. The van der Waals surface area contributed by atoms with Gasteiger partial charge in [0.1, 0.15) is 0 Å². The summed E-state index contributed by atoms with van der Waals surface area (Å²) in [5.41, 5.74) is 0.676. The number of hydrogen-bond donors (Lipinski definition) is 1. The van der Waals surface area contributed by atoms with E-state index in [4.69, 9.17) is 4.74 Å². The fourth-order valence-corrected chi connectivity index (χ4v) is 1.69. The molecule has 2 rings (SSSR count). The van der Waals surface area contributed by atoms with E-state index in [2.05, 4.69) is 4.98 Å². The summed E-state index contributed by atoms with van der Waals surface area (Å²) in [6.07, 6.45) is -2.20. The second-order valence-corrected chi connectivity index (χ2v) is 3.98. The number of halogens is 3. The third-order valence-electron chi connectivity index (χ3n) is 2.62. The van der Waals surface area contributed by atoms with Gasteiger partial charge in [0.15, 0.2) is 0 Å². The number of anilines is 2. The lowest BCUT2D eigenvalue weighted by Crippen LogP contribution is -2.36. The van der Waals surface area contributed by atoms with Crippen molar-refractivity contribution in [2.24, 2.45) is 0 Å².